The zero-order valence-electron chi connectivity index (χ0n) is 18.3. The van der Waals surface area contributed by atoms with Gasteiger partial charge < -0.3 is 10.1 Å². The Morgan fingerprint density at radius 1 is 1.10 bits per heavy atom. The second kappa shape index (κ2) is 8.15. The first-order valence-electron chi connectivity index (χ1n) is 11.3. The van der Waals surface area contributed by atoms with Crippen LogP contribution in [0.5, 0.6) is 5.75 Å². The normalized spacial score (nSPS) is 29.9. The highest BCUT2D eigenvalue weighted by Gasteiger charge is 2.51. The summed E-state index contributed by atoms with van der Waals surface area (Å²) in [4.78, 5) is 13.2. The van der Waals surface area contributed by atoms with Crippen molar-refractivity contribution in [3.63, 3.8) is 0 Å². The molecule has 1 amide bonds. The van der Waals surface area contributed by atoms with E-state index < -0.39 is 10.0 Å². The molecule has 0 aliphatic heterocycles. The third kappa shape index (κ3) is 3.98. The molecular weight excluding hydrogens is 400 g/mol. The number of anilines is 1. The van der Waals surface area contributed by atoms with Crippen molar-refractivity contribution in [2.75, 3.05) is 25.5 Å². The molecule has 1 aromatic carbocycles. The van der Waals surface area contributed by atoms with Crippen LogP contribution in [-0.2, 0) is 14.8 Å². The topological polar surface area (TPSA) is 75.7 Å². The van der Waals surface area contributed by atoms with E-state index in [-0.39, 0.29) is 16.2 Å². The van der Waals surface area contributed by atoms with Crippen LogP contribution in [0.4, 0.5) is 5.69 Å². The fraction of sp³-hybridized carbons (Fsp3) is 0.696. The van der Waals surface area contributed by atoms with Gasteiger partial charge in [0.2, 0.25) is 15.9 Å². The summed E-state index contributed by atoms with van der Waals surface area (Å²) in [5, 5.41) is 2.98. The number of carbonyl (C=O) groups excluding carboxylic acids is 1. The van der Waals surface area contributed by atoms with Crippen molar-refractivity contribution in [2.24, 2.45) is 23.2 Å². The van der Waals surface area contributed by atoms with Crippen LogP contribution in [0.25, 0.3) is 0 Å². The number of nitrogens with one attached hydrogen (secondary N) is 1. The van der Waals surface area contributed by atoms with Crippen molar-refractivity contribution >= 4 is 21.6 Å². The van der Waals surface area contributed by atoms with Crippen molar-refractivity contribution < 1.29 is 17.9 Å². The first-order chi connectivity index (χ1) is 14.3. The predicted molar refractivity (Wildman–Crippen MR) is 117 cm³/mol. The number of sulfonamides is 1. The Morgan fingerprint density at radius 3 is 2.17 bits per heavy atom. The third-order valence-corrected chi connectivity index (χ3v) is 9.53. The molecule has 166 valence electrons. The number of ether oxygens (including phenoxy) is 1. The molecule has 4 aliphatic rings. The largest absolute Gasteiger partial charge is 0.495 e. The number of hydrogen-bond donors (Lipinski definition) is 1. The van der Waals surface area contributed by atoms with Crippen molar-refractivity contribution in [2.45, 2.75) is 63.7 Å². The van der Waals surface area contributed by atoms with Gasteiger partial charge in [-0.1, -0.05) is 13.8 Å². The van der Waals surface area contributed by atoms with E-state index in [9.17, 15) is 13.2 Å². The summed E-state index contributed by atoms with van der Waals surface area (Å²) < 4.78 is 32.6. The number of nitrogens with zero attached hydrogens (tertiary/aromatic N) is 1. The van der Waals surface area contributed by atoms with Crippen molar-refractivity contribution in [3.05, 3.63) is 18.2 Å². The van der Waals surface area contributed by atoms with E-state index in [1.165, 1.54) is 56.0 Å². The quantitative estimate of drug-likeness (QED) is 0.663. The van der Waals surface area contributed by atoms with E-state index in [1.54, 1.807) is 12.1 Å². The number of amides is 1. The van der Waals surface area contributed by atoms with Crippen LogP contribution in [0.2, 0.25) is 0 Å². The van der Waals surface area contributed by atoms with E-state index in [0.29, 0.717) is 30.9 Å². The highest BCUT2D eigenvalue weighted by atomic mass is 32.2. The monoisotopic (exact) mass is 434 g/mol. The van der Waals surface area contributed by atoms with Gasteiger partial charge in [0.1, 0.15) is 5.75 Å². The first-order valence-corrected chi connectivity index (χ1v) is 12.7. The highest BCUT2D eigenvalue weighted by Crippen LogP contribution is 2.61. The first kappa shape index (κ1) is 21.6. The Kier molecular flexibility index (Phi) is 5.88. The predicted octanol–water partition coefficient (Wildman–Crippen LogP) is 4.27. The zero-order valence-corrected chi connectivity index (χ0v) is 19.1. The van der Waals surface area contributed by atoms with Gasteiger partial charge in [0.05, 0.1) is 17.7 Å². The zero-order chi connectivity index (χ0) is 21.5. The van der Waals surface area contributed by atoms with Crippen LogP contribution in [0.15, 0.2) is 23.1 Å². The number of carbonyl (C=O) groups is 1. The molecule has 0 saturated heterocycles. The summed E-state index contributed by atoms with van der Waals surface area (Å²) in [7, 11) is -2.07. The minimum atomic E-state index is -3.60. The Morgan fingerprint density at radius 2 is 1.67 bits per heavy atom. The molecule has 30 heavy (non-hydrogen) atoms. The Balaban J connectivity index is 1.53. The van der Waals surface area contributed by atoms with Gasteiger partial charge in [-0.25, -0.2) is 8.42 Å². The molecule has 0 spiro atoms. The standard InChI is InChI=1S/C23H34N2O4S/c1-4-25(5-2)30(27,28)19-6-7-21(29-3)20(11-19)24-22(26)15-23-12-16-8-17(13-23)10-18(9-16)14-23/h6-7,11,16-18H,4-5,8-10,12-15H2,1-3H3,(H,24,26). The average Bonchev–Trinajstić information content (AvgIpc) is 2.67. The SMILES string of the molecule is CCN(CC)S(=O)(=O)c1ccc(OC)c(NC(=O)CC23CC4CC(CC(C4)C2)C3)c1. The van der Waals surface area contributed by atoms with Crippen LogP contribution in [0, 0.1) is 23.2 Å². The summed E-state index contributed by atoms with van der Waals surface area (Å²) in [5.74, 6) is 2.82. The molecule has 1 aromatic rings. The van der Waals surface area contributed by atoms with Crippen molar-refractivity contribution in [1.82, 2.24) is 4.31 Å². The minimum Gasteiger partial charge on any atom is -0.495 e. The van der Waals surface area contributed by atoms with Crippen LogP contribution in [0.3, 0.4) is 0 Å². The molecule has 5 rings (SSSR count). The summed E-state index contributed by atoms with van der Waals surface area (Å²) in [6.07, 6.45) is 8.06. The van der Waals surface area contributed by atoms with Crippen molar-refractivity contribution in [3.8, 4) is 5.75 Å². The summed E-state index contributed by atoms with van der Waals surface area (Å²) in [6.45, 7) is 4.44. The Hall–Kier alpha value is -1.60. The van der Waals surface area contributed by atoms with Crippen LogP contribution in [0.1, 0.15) is 58.8 Å². The average molecular weight is 435 g/mol. The van der Waals surface area contributed by atoms with Gasteiger partial charge in [-0.3, -0.25) is 4.79 Å². The van der Waals surface area contributed by atoms with Crippen LogP contribution in [-0.4, -0.2) is 38.8 Å². The van der Waals surface area contributed by atoms with Crippen LogP contribution < -0.4 is 10.1 Å². The molecule has 0 heterocycles. The fourth-order valence-corrected chi connectivity index (χ4v) is 8.18. The third-order valence-electron chi connectivity index (χ3n) is 7.49. The van der Waals surface area contributed by atoms with Crippen molar-refractivity contribution in [1.29, 1.82) is 0 Å². The second-order valence-corrected chi connectivity index (χ2v) is 11.5. The van der Waals surface area contributed by atoms with E-state index in [0.717, 1.165) is 17.8 Å². The van der Waals surface area contributed by atoms with E-state index in [4.69, 9.17) is 4.74 Å². The Bertz CT molecular complexity index is 872. The van der Waals surface area contributed by atoms with Gasteiger partial charge >= 0.3 is 0 Å². The minimum absolute atomic E-state index is 0.0346. The number of hydrogen-bond acceptors (Lipinski definition) is 4. The Labute approximate surface area is 180 Å². The highest BCUT2D eigenvalue weighted by molar-refractivity contribution is 7.89. The van der Waals surface area contributed by atoms with Gasteiger partial charge in [0.15, 0.2) is 0 Å². The van der Waals surface area contributed by atoms with E-state index in [1.807, 2.05) is 13.8 Å². The summed E-state index contributed by atoms with van der Waals surface area (Å²) in [5.41, 5.74) is 0.567. The maximum absolute atomic E-state index is 13.0. The number of benzene rings is 1. The molecule has 7 heteroatoms. The maximum atomic E-state index is 13.0. The maximum Gasteiger partial charge on any atom is 0.243 e. The van der Waals surface area contributed by atoms with Gasteiger partial charge in [-0.05, 0) is 79.9 Å². The molecule has 4 fully saturated rings. The smallest absolute Gasteiger partial charge is 0.243 e. The van der Waals surface area contributed by atoms with E-state index in [2.05, 4.69) is 5.32 Å². The molecule has 4 aliphatic carbocycles. The number of methoxy groups -OCH3 is 1. The number of rotatable bonds is 8. The lowest BCUT2D eigenvalue weighted by Crippen LogP contribution is -2.47. The van der Waals surface area contributed by atoms with Gasteiger partial charge in [0, 0.05) is 19.5 Å². The molecule has 0 aromatic heterocycles. The van der Waals surface area contributed by atoms with Crippen LogP contribution >= 0.6 is 0 Å². The summed E-state index contributed by atoms with van der Waals surface area (Å²) >= 11 is 0. The van der Waals surface area contributed by atoms with E-state index >= 15 is 0 Å². The molecular formula is C23H34N2O4S. The molecule has 0 unspecified atom stereocenters. The molecule has 1 N–H and O–H groups in total. The lowest BCUT2D eigenvalue weighted by atomic mass is 9.49. The molecule has 0 atom stereocenters. The molecule has 0 radical (unpaired) electrons. The van der Waals surface area contributed by atoms with Gasteiger partial charge in [0.25, 0.3) is 0 Å². The van der Waals surface area contributed by atoms with Gasteiger partial charge in [-0.15, -0.1) is 0 Å². The lowest BCUT2D eigenvalue weighted by Gasteiger charge is -2.56. The fourth-order valence-electron chi connectivity index (χ4n) is 6.70. The molecule has 6 nitrogen and oxygen atoms in total. The second-order valence-electron chi connectivity index (χ2n) is 9.59. The lowest BCUT2D eigenvalue weighted by molar-refractivity contribution is -0.124. The van der Waals surface area contributed by atoms with Gasteiger partial charge in [-0.2, -0.15) is 4.31 Å². The molecule has 4 saturated carbocycles. The summed E-state index contributed by atoms with van der Waals surface area (Å²) in [6, 6.07) is 4.70. The molecule has 4 bridgehead atoms.